The molecule has 0 amide bonds. The van der Waals surface area contributed by atoms with Gasteiger partial charge in [-0.15, -0.1) is 0 Å². The van der Waals surface area contributed by atoms with E-state index in [9.17, 15) is 4.79 Å². The van der Waals surface area contributed by atoms with Crippen molar-refractivity contribution in [1.29, 1.82) is 0 Å². The summed E-state index contributed by atoms with van der Waals surface area (Å²) >= 11 is 0. The van der Waals surface area contributed by atoms with Crippen molar-refractivity contribution in [2.75, 3.05) is 5.73 Å². The number of hydrogen-bond acceptors (Lipinski definition) is 3. The predicted molar refractivity (Wildman–Crippen MR) is 53.4 cm³/mol. The topological polar surface area (TPSA) is 69.1 Å². The van der Waals surface area contributed by atoms with E-state index in [1.54, 1.807) is 18.2 Å². The standard InChI is InChI=1S/C10H14N2O/c1-2-10(13)7-4-3-5-9(12)8(7)6-11/h3-5H,2,6,11-12H2,1H3. The highest BCUT2D eigenvalue weighted by Crippen LogP contribution is 2.17. The van der Waals surface area contributed by atoms with Crippen molar-refractivity contribution >= 4 is 11.5 Å². The van der Waals surface area contributed by atoms with Crippen LogP contribution in [0.2, 0.25) is 0 Å². The van der Waals surface area contributed by atoms with Gasteiger partial charge in [-0.1, -0.05) is 19.1 Å². The van der Waals surface area contributed by atoms with Crippen LogP contribution in [0.4, 0.5) is 5.69 Å². The quantitative estimate of drug-likeness (QED) is 0.541. The molecule has 0 aliphatic rings. The fourth-order valence-corrected chi connectivity index (χ4v) is 1.28. The van der Waals surface area contributed by atoms with Crippen LogP contribution < -0.4 is 11.5 Å². The molecule has 3 heteroatoms. The normalized spacial score (nSPS) is 10.0. The Bertz CT molecular complexity index is 321. The molecule has 0 saturated carbocycles. The Hall–Kier alpha value is -1.35. The zero-order chi connectivity index (χ0) is 9.84. The number of rotatable bonds is 3. The van der Waals surface area contributed by atoms with E-state index in [1.807, 2.05) is 6.92 Å². The fourth-order valence-electron chi connectivity index (χ4n) is 1.28. The van der Waals surface area contributed by atoms with Gasteiger partial charge in [0, 0.05) is 24.2 Å². The lowest BCUT2D eigenvalue weighted by molar-refractivity contribution is 0.0987. The Morgan fingerprint density at radius 1 is 1.46 bits per heavy atom. The Morgan fingerprint density at radius 3 is 2.69 bits per heavy atom. The van der Waals surface area contributed by atoms with E-state index in [0.717, 1.165) is 5.56 Å². The Morgan fingerprint density at radius 2 is 2.15 bits per heavy atom. The van der Waals surface area contributed by atoms with Crippen LogP contribution in [-0.4, -0.2) is 5.78 Å². The summed E-state index contributed by atoms with van der Waals surface area (Å²) in [4.78, 5) is 11.4. The third-order valence-electron chi connectivity index (χ3n) is 2.04. The molecule has 0 fully saturated rings. The molecule has 4 N–H and O–H groups in total. The number of carbonyl (C=O) groups excluding carboxylic acids is 1. The molecular formula is C10H14N2O. The molecule has 0 heterocycles. The molecule has 0 atom stereocenters. The van der Waals surface area contributed by atoms with E-state index in [1.165, 1.54) is 0 Å². The molecule has 1 aromatic carbocycles. The summed E-state index contributed by atoms with van der Waals surface area (Å²) in [5.41, 5.74) is 13.2. The van der Waals surface area contributed by atoms with Gasteiger partial charge in [0.15, 0.2) is 5.78 Å². The second-order valence-electron chi connectivity index (χ2n) is 2.85. The van der Waals surface area contributed by atoms with Crippen molar-refractivity contribution in [3.05, 3.63) is 29.3 Å². The van der Waals surface area contributed by atoms with Crippen LogP contribution >= 0.6 is 0 Å². The zero-order valence-electron chi connectivity index (χ0n) is 7.71. The lowest BCUT2D eigenvalue weighted by atomic mass is 10.0. The van der Waals surface area contributed by atoms with Gasteiger partial charge in [-0.2, -0.15) is 0 Å². The third-order valence-corrected chi connectivity index (χ3v) is 2.04. The van der Waals surface area contributed by atoms with Crippen molar-refractivity contribution < 1.29 is 4.79 Å². The Labute approximate surface area is 77.7 Å². The summed E-state index contributed by atoms with van der Waals surface area (Å²) in [5, 5.41) is 0. The highest BCUT2D eigenvalue weighted by atomic mass is 16.1. The fraction of sp³-hybridized carbons (Fsp3) is 0.300. The molecule has 13 heavy (non-hydrogen) atoms. The summed E-state index contributed by atoms with van der Waals surface area (Å²) < 4.78 is 0. The molecule has 0 unspecified atom stereocenters. The molecule has 0 saturated heterocycles. The first-order valence-corrected chi connectivity index (χ1v) is 4.31. The van der Waals surface area contributed by atoms with Crippen LogP contribution in [0.25, 0.3) is 0 Å². The lowest BCUT2D eigenvalue weighted by Crippen LogP contribution is -2.09. The van der Waals surface area contributed by atoms with Crippen LogP contribution in [-0.2, 0) is 6.54 Å². The molecule has 0 aliphatic heterocycles. The van der Waals surface area contributed by atoms with E-state index in [-0.39, 0.29) is 5.78 Å². The monoisotopic (exact) mass is 178 g/mol. The Kier molecular flexibility index (Phi) is 3.03. The van der Waals surface area contributed by atoms with Gasteiger partial charge < -0.3 is 11.5 Å². The highest BCUT2D eigenvalue weighted by molar-refractivity contribution is 5.98. The smallest absolute Gasteiger partial charge is 0.163 e. The van der Waals surface area contributed by atoms with Gasteiger partial charge in [0.25, 0.3) is 0 Å². The summed E-state index contributed by atoms with van der Waals surface area (Å²) in [5.74, 6) is 0.0905. The summed E-state index contributed by atoms with van der Waals surface area (Å²) in [6.07, 6.45) is 0.483. The molecule has 0 aliphatic carbocycles. The van der Waals surface area contributed by atoms with Crippen LogP contribution in [0.1, 0.15) is 29.3 Å². The lowest BCUT2D eigenvalue weighted by Gasteiger charge is -2.07. The Balaban J connectivity index is 3.20. The molecule has 0 radical (unpaired) electrons. The highest BCUT2D eigenvalue weighted by Gasteiger charge is 2.09. The van der Waals surface area contributed by atoms with E-state index in [4.69, 9.17) is 11.5 Å². The molecular weight excluding hydrogens is 164 g/mol. The number of anilines is 1. The van der Waals surface area contributed by atoms with Crippen molar-refractivity contribution in [3.63, 3.8) is 0 Å². The van der Waals surface area contributed by atoms with Crippen molar-refractivity contribution in [1.82, 2.24) is 0 Å². The van der Waals surface area contributed by atoms with Gasteiger partial charge >= 0.3 is 0 Å². The third kappa shape index (κ3) is 1.87. The van der Waals surface area contributed by atoms with Crippen LogP contribution in [0.5, 0.6) is 0 Å². The van der Waals surface area contributed by atoms with Crippen LogP contribution in [0.3, 0.4) is 0 Å². The minimum absolute atomic E-state index is 0.0905. The number of hydrogen-bond donors (Lipinski definition) is 2. The maximum Gasteiger partial charge on any atom is 0.163 e. The van der Waals surface area contributed by atoms with E-state index < -0.39 is 0 Å². The SMILES string of the molecule is CCC(=O)c1cccc(N)c1CN. The van der Waals surface area contributed by atoms with Gasteiger partial charge in [-0.3, -0.25) is 4.79 Å². The minimum atomic E-state index is 0.0905. The maximum atomic E-state index is 11.4. The van der Waals surface area contributed by atoms with Gasteiger partial charge in [-0.05, 0) is 11.6 Å². The first-order valence-electron chi connectivity index (χ1n) is 4.31. The first-order chi connectivity index (χ1) is 6.20. The number of carbonyl (C=O) groups is 1. The van der Waals surface area contributed by atoms with Gasteiger partial charge in [0.2, 0.25) is 0 Å². The molecule has 70 valence electrons. The average molecular weight is 178 g/mol. The largest absolute Gasteiger partial charge is 0.398 e. The van der Waals surface area contributed by atoms with Crippen molar-refractivity contribution in [2.24, 2.45) is 5.73 Å². The van der Waals surface area contributed by atoms with E-state index in [0.29, 0.717) is 24.2 Å². The molecule has 0 bridgehead atoms. The summed E-state index contributed by atoms with van der Waals surface area (Å²) in [6, 6.07) is 5.30. The van der Waals surface area contributed by atoms with Crippen LogP contribution in [0, 0.1) is 0 Å². The van der Waals surface area contributed by atoms with Gasteiger partial charge in [0.05, 0.1) is 0 Å². The van der Waals surface area contributed by atoms with Crippen LogP contribution in [0.15, 0.2) is 18.2 Å². The predicted octanol–water partition coefficient (Wildman–Crippen LogP) is 1.32. The minimum Gasteiger partial charge on any atom is -0.398 e. The van der Waals surface area contributed by atoms with Gasteiger partial charge in [-0.25, -0.2) is 0 Å². The van der Waals surface area contributed by atoms with Gasteiger partial charge in [0.1, 0.15) is 0 Å². The molecule has 1 rings (SSSR count). The van der Waals surface area contributed by atoms with E-state index >= 15 is 0 Å². The molecule has 1 aromatic rings. The second kappa shape index (κ2) is 4.05. The second-order valence-corrected chi connectivity index (χ2v) is 2.85. The number of nitrogens with two attached hydrogens (primary N) is 2. The molecule has 0 spiro atoms. The zero-order valence-corrected chi connectivity index (χ0v) is 7.71. The molecule has 3 nitrogen and oxygen atoms in total. The maximum absolute atomic E-state index is 11.4. The van der Waals surface area contributed by atoms with Crippen molar-refractivity contribution in [2.45, 2.75) is 19.9 Å². The summed E-state index contributed by atoms with van der Waals surface area (Å²) in [6.45, 7) is 2.14. The summed E-state index contributed by atoms with van der Waals surface area (Å²) in [7, 11) is 0. The number of Topliss-reactive ketones (excluding diaryl/α,β-unsaturated/α-hetero) is 1. The van der Waals surface area contributed by atoms with E-state index in [2.05, 4.69) is 0 Å². The number of benzene rings is 1. The number of nitrogen functional groups attached to an aromatic ring is 1. The van der Waals surface area contributed by atoms with Crippen molar-refractivity contribution in [3.8, 4) is 0 Å². The number of ketones is 1. The first kappa shape index (κ1) is 9.74. The molecule has 0 aromatic heterocycles. The average Bonchev–Trinajstić information content (AvgIpc) is 2.16.